The van der Waals surface area contributed by atoms with Gasteiger partial charge in [0, 0.05) is 12.6 Å². The highest BCUT2D eigenvalue weighted by Crippen LogP contribution is 2.37. The van der Waals surface area contributed by atoms with Gasteiger partial charge in [0.1, 0.15) is 5.75 Å². The summed E-state index contributed by atoms with van der Waals surface area (Å²) in [5, 5.41) is 13.5. The minimum absolute atomic E-state index is 0.375. The topological polar surface area (TPSA) is 71.5 Å². The third kappa shape index (κ3) is 5.01. The maximum absolute atomic E-state index is 11.5. The molecule has 1 aliphatic carbocycles. The lowest BCUT2D eigenvalue weighted by Gasteiger charge is -2.17. The number of aliphatic carboxylic acids is 1. The third-order valence-corrected chi connectivity index (χ3v) is 7.27. The van der Waals surface area contributed by atoms with Gasteiger partial charge >= 0.3 is 5.97 Å². The Morgan fingerprint density at radius 3 is 2.77 bits per heavy atom. The summed E-state index contributed by atoms with van der Waals surface area (Å²) in [5.41, 5.74) is 4.10. The maximum Gasteiger partial charge on any atom is 0.306 e. The Labute approximate surface area is 187 Å². The van der Waals surface area contributed by atoms with E-state index >= 15 is 0 Å². The van der Waals surface area contributed by atoms with Crippen LogP contribution in [0, 0.1) is 11.8 Å². The standard InChI is InChI=1S/C25H30N2O3S/c1-3-18(24(28)29)12-17-8-11-22(30-15-16-6-4-5-7-16)20(13-17)19-9-10-21-23(14-19)31-25(26-2)27-21/h8-11,13-14,16,18H,3-7,12,15H2,1-2H3,(H,26,27)(H,28,29). The molecule has 1 aromatic heterocycles. The molecular weight excluding hydrogens is 408 g/mol. The second kappa shape index (κ2) is 9.69. The molecule has 1 fully saturated rings. The zero-order valence-corrected chi connectivity index (χ0v) is 19.0. The number of carboxylic acid groups (broad SMARTS) is 1. The molecule has 0 amide bonds. The van der Waals surface area contributed by atoms with E-state index in [1.165, 1.54) is 25.7 Å². The van der Waals surface area contributed by atoms with Crippen molar-refractivity contribution in [2.75, 3.05) is 19.0 Å². The molecular formula is C25H30N2O3S. The summed E-state index contributed by atoms with van der Waals surface area (Å²) >= 11 is 1.63. The zero-order chi connectivity index (χ0) is 21.8. The summed E-state index contributed by atoms with van der Waals surface area (Å²) in [6.07, 6.45) is 6.21. The SMILES string of the molecule is CCC(Cc1ccc(OCC2CCCC2)c(-c2ccc3nc(NC)sc3c2)c1)C(=O)O. The quantitative estimate of drug-likeness (QED) is 0.414. The molecule has 0 aliphatic heterocycles. The largest absolute Gasteiger partial charge is 0.493 e. The smallest absolute Gasteiger partial charge is 0.306 e. The summed E-state index contributed by atoms with van der Waals surface area (Å²) in [5.74, 6) is 0.388. The Morgan fingerprint density at radius 2 is 2.06 bits per heavy atom. The molecule has 1 unspecified atom stereocenters. The van der Waals surface area contributed by atoms with Gasteiger partial charge in [0.25, 0.3) is 0 Å². The van der Waals surface area contributed by atoms with E-state index in [0.717, 1.165) is 44.4 Å². The molecule has 6 heteroatoms. The summed E-state index contributed by atoms with van der Waals surface area (Å²) in [4.78, 5) is 16.1. The summed E-state index contributed by atoms with van der Waals surface area (Å²) in [6, 6.07) is 12.4. The van der Waals surface area contributed by atoms with Gasteiger partial charge in [-0.25, -0.2) is 4.98 Å². The number of anilines is 1. The Morgan fingerprint density at radius 1 is 1.26 bits per heavy atom. The average Bonchev–Trinajstić information content (AvgIpc) is 3.44. The fourth-order valence-electron chi connectivity index (χ4n) is 4.33. The van der Waals surface area contributed by atoms with Crippen LogP contribution in [0.1, 0.15) is 44.6 Å². The van der Waals surface area contributed by atoms with Gasteiger partial charge in [-0.05, 0) is 67.0 Å². The number of thiazole rings is 1. The Hall–Kier alpha value is -2.60. The molecule has 164 valence electrons. The van der Waals surface area contributed by atoms with E-state index in [-0.39, 0.29) is 5.92 Å². The second-order valence-corrected chi connectivity index (χ2v) is 9.42. The van der Waals surface area contributed by atoms with Gasteiger partial charge in [0.05, 0.1) is 22.7 Å². The van der Waals surface area contributed by atoms with E-state index < -0.39 is 5.97 Å². The Balaban J connectivity index is 1.68. The van der Waals surface area contributed by atoms with Crippen molar-refractivity contribution in [2.45, 2.75) is 45.4 Å². The van der Waals surface area contributed by atoms with Crippen molar-refractivity contribution in [3.63, 3.8) is 0 Å². The molecule has 1 aliphatic rings. The lowest BCUT2D eigenvalue weighted by molar-refractivity contribution is -0.141. The van der Waals surface area contributed by atoms with E-state index in [2.05, 4.69) is 28.5 Å². The molecule has 0 saturated heterocycles. The van der Waals surface area contributed by atoms with E-state index in [1.807, 2.05) is 32.2 Å². The van der Waals surface area contributed by atoms with Gasteiger partial charge < -0.3 is 15.2 Å². The van der Waals surface area contributed by atoms with E-state index in [4.69, 9.17) is 4.74 Å². The highest BCUT2D eigenvalue weighted by molar-refractivity contribution is 7.22. The molecule has 1 heterocycles. The summed E-state index contributed by atoms with van der Waals surface area (Å²) < 4.78 is 7.42. The fourth-order valence-corrected chi connectivity index (χ4v) is 5.19. The number of ether oxygens (including phenoxy) is 1. The molecule has 2 N–H and O–H groups in total. The molecule has 5 nitrogen and oxygen atoms in total. The number of nitrogens with zero attached hydrogens (tertiary/aromatic N) is 1. The maximum atomic E-state index is 11.5. The fraction of sp³-hybridized carbons (Fsp3) is 0.440. The number of nitrogens with one attached hydrogen (secondary N) is 1. The summed E-state index contributed by atoms with van der Waals surface area (Å²) in [6.45, 7) is 2.67. The van der Waals surface area contributed by atoms with Crippen LogP contribution >= 0.6 is 11.3 Å². The number of carbonyl (C=O) groups is 1. The normalized spacial score (nSPS) is 15.3. The number of benzene rings is 2. The van der Waals surface area contributed by atoms with Gasteiger partial charge in [-0.2, -0.15) is 0 Å². The lowest BCUT2D eigenvalue weighted by atomic mass is 9.94. The minimum atomic E-state index is -0.740. The van der Waals surface area contributed by atoms with Crippen molar-refractivity contribution >= 4 is 32.7 Å². The first kappa shape index (κ1) is 21.6. The highest BCUT2D eigenvalue weighted by atomic mass is 32.1. The first-order valence-electron chi connectivity index (χ1n) is 11.1. The zero-order valence-electron chi connectivity index (χ0n) is 18.2. The van der Waals surface area contributed by atoms with Gasteiger partial charge in [0.2, 0.25) is 0 Å². The molecule has 0 radical (unpaired) electrons. The van der Waals surface area contributed by atoms with Crippen molar-refractivity contribution in [1.29, 1.82) is 0 Å². The number of rotatable bonds is 9. The van der Waals surface area contributed by atoms with Crippen molar-refractivity contribution in [3.05, 3.63) is 42.0 Å². The number of hydrogen-bond acceptors (Lipinski definition) is 5. The number of aromatic nitrogens is 1. The van der Waals surface area contributed by atoms with E-state index in [9.17, 15) is 9.90 Å². The molecule has 2 aromatic carbocycles. The first-order valence-corrected chi connectivity index (χ1v) is 12.0. The van der Waals surface area contributed by atoms with E-state index in [0.29, 0.717) is 18.8 Å². The van der Waals surface area contributed by atoms with Crippen molar-refractivity contribution in [2.24, 2.45) is 11.8 Å². The molecule has 0 bridgehead atoms. The molecule has 0 spiro atoms. The van der Waals surface area contributed by atoms with Crippen molar-refractivity contribution < 1.29 is 14.6 Å². The molecule has 1 atom stereocenters. The van der Waals surface area contributed by atoms with Crippen molar-refractivity contribution in [3.8, 4) is 16.9 Å². The highest BCUT2D eigenvalue weighted by Gasteiger charge is 2.19. The minimum Gasteiger partial charge on any atom is -0.493 e. The van der Waals surface area contributed by atoms with E-state index in [1.54, 1.807) is 11.3 Å². The third-order valence-electron chi connectivity index (χ3n) is 6.23. The van der Waals surface area contributed by atoms with Gasteiger partial charge in [-0.15, -0.1) is 0 Å². The van der Waals surface area contributed by atoms with Crippen LogP contribution in [0.4, 0.5) is 5.13 Å². The van der Waals surface area contributed by atoms with Crippen LogP contribution in [0.2, 0.25) is 0 Å². The molecule has 4 rings (SSSR count). The molecule has 31 heavy (non-hydrogen) atoms. The van der Waals surface area contributed by atoms with Crippen LogP contribution in [0.15, 0.2) is 36.4 Å². The predicted molar refractivity (Wildman–Crippen MR) is 127 cm³/mol. The average molecular weight is 439 g/mol. The number of carboxylic acids is 1. The van der Waals surface area contributed by atoms with Gasteiger partial charge in [0.15, 0.2) is 5.13 Å². The van der Waals surface area contributed by atoms with Crippen LogP contribution < -0.4 is 10.1 Å². The Kier molecular flexibility index (Phi) is 6.76. The van der Waals surface area contributed by atoms with Gasteiger partial charge in [-0.3, -0.25) is 4.79 Å². The summed E-state index contributed by atoms with van der Waals surface area (Å²) in [7, 11) is 1.88. The Bertz CT molecular complexity index is 1060. The number of fused-ring (bicyclic) bond motifs is 1. The molecule has 1 saturated carbocycles. The number of hydrogen-bond donors (Lipinski definition) is 2. The van der Waals surface area contributed by atoms with Crippen LogP contribution in [0.3, 0.4) is 0 Å². The molecule has 3 aromatic rings. The lowest BCUT2D eigenvalue weighted by Crippen LogP contribution is -2.15. The first-order chi connectivity index (χ1) is 15.1. The monoisotopic (exact) mass is 438 g/mol. The van der Waals surface area contributed by atoms with Crippen LogP contribution in [0.5, 0.6) is 5.75 Å². The van der Waals surface area contributed by atoms with Crippen LogP contribution in [-0.2, 0) is 11.2 Å². The van der Waals surface area contributed by atoms with Gasteiger partial charge in [-0.1, -0.05) is 43.2 Å². The predicted octanol–water partition coefficient (Wildman–Crippen LogP) is 6.23. The van der Waals surface area contributed by atoms with Crippen LogP contribution in [0.25, 0.3) is 21.3 Å². The van der Waals surface area contributed by atoms with Crippen molar-refractivity contribution in [1.82, 2.24) is 4.98 Å². The second-order valence-electron chi connectivity index (χ2n) is 8.39. The van der Waals surface area contributed by atoms with Crippen LogP contribution in [-0.4, -0.2) is 29.7 Å².